The van der Waals surface area contributed by atoms with Gasteiger partial charge in [0.25, 0.3) is 5.92 Å². The van der Waals surface area contributed by atoms with Gasteiger partial charge in [-0.3, -0.25) is 0 Å². The lowest BCUT2D eigenvalue weighted by Crippen LogP contribution is -2.27. The summed E-state index contributed by atoms with van der Waals surface area (Å²) in [6.07, 6.45) is -1.18. The van der Waals surface area contributed by atoms with E-state index in [9.17, 15) is 8.78 Å². The molecule has 1 aliphatic heterocycles. The van der Waals surface area contributed by atoms with E-state index in [1.54, 1.807) is 0 Å². The Hall–Kier alpha value is -1.47. The first kappa shape index (κ1) is 11.0. The topological polar surface area (TPSA) is 33.0 Å². The van der Waals surface area contributed by atoms with E-state index in [0.717, 1.165) is 0 Å². The van der Waals surface area contributed by atoms with Crippen LogP contribution >= 0.6 is 0 Å². The summed E-state index contributed by atoms with van der Waals surface area (Å²) >= 11 is 0. The van der Waals surface area contributed by atoms with E-state index in [0.29, 0.717) is 11.1 Å². The smallest absolute Gasteiger partial charge is 0.282 e. The zero-order chi connectivity index (χ0) is 11.8. The van der Waals surface area contributed by atoms with Gasteiger partial charge in [-0.15, -0.1) is 0 Å². The maximum atomic E-state index is 13.7. The van der Waals surface area contributed by atoms with Gasteiger partial charge in [-0.2, -0.15) is 5.26 Å². The average molecular weight is 223 g/mol. The van der Waals surface area contributed by atoms with Crippen LogP contribution in [0.2, 0.25) is 0 Å². The van der Waals surface area contributed by atoms with Crippen molar-refractivity contribution in [2.45, 2.75) is 19.0 Å². The zero-order valence-corrected chi connectivity index (χ0v) is 8.78. The molecule has 84 valence electrons. The first-order valence-corrected chi connectivity index (χ1v) is 5.05. The highest BCUT2D eigenvalue weighted by molar-refractivity contribution is 5.33. The predicted molar refractivity (Wildman–Crippen MR) is 54.0 cm³/mol. The van der Waals surface area contributed by atoms with Gasteiger partial charge >= 0.3 is 0 Å². The first-order chi connectivity index (χ1) is 7.55. The molecule has 2 rings (SSSR count). The molecule has 16 heavy (non-hydrogen) atoms. The molecule has 0 spiro atoms. The summed E-state index contributed by atoms with van der Waals surface area (Å²) in [7, 11) is 0. The summed E-state index contributed by atoms with van der Waals surface area (Å²) in [6.45, 7) is 1.54. The Morgan fingerprint density at radius 2 is 2.00 bits per heavy atom. The maximum absolute atomic E-state index is 13.7. The number of nitriles is 1. The van der Waals surface area contributed by atoms with Crippen LogP contribution in [0.5, 0.6) is 0 Å². The molecule has 1 heterocycles. The highest BCUT2D eigenvalue weighted by Gasteiger charge is 2.51. The second-order valence-electron chi connectivity index (χ2n) is 4.02. The monoisotopic (exact) mass is 223 g/mol. The van der Waals surface area contributed by atoms with Crippen molar-refractivity contribution in [3.05, 3.63) is 35.4 Å². The molecule has 2 nitrogen and oxygen atoms in total. The molecule has 0 bridgehead atoms. The van der Waals surface area contributed by atoms with Crippen LogP contribution in [0.4, 0.5) is 8.78 Å². The van der Waals surface area contributed by atoms with Crippen LogP contribution < -0.4 is 0 Å². The SMILES string of the molecule is C[C@H]1CO[C@H](c2ccc(C#N)cc2)C1(F)F. The molecule has 0 aromatic heterocycles. The van der Waals surface area contributed by atoms with Crippen molar-refractivity contribution in [2.24, 2.45) is 5.92 Å². The van der Waals surface area contributed by atoms with Crippen LogP contribution in [0.3, 0.4) is 0 Å². The number of halogens is 2. The van der Waals surface area contributed by atoms with Gasteiger partial charge < -0.3 is 4.74 Å². The maximum Gasteiger partial charge on any atom is 0.282 e. The second-order valence-corrected chi connectivity index (χ2v) is 4.02. The van der Waals surface area contributed by atoms with Crippen molar-refractivity contribution in [1.29, 1.82) is 5.26 Å². The van der Waals surface area contributed by atoms with Gasteiger partial charge in [0, 0.05) is 5.92 Å². The molecule has 0 radical (unpaired) electrons. The molecule has 1 aromatic carbocycles. The summed E-state index contributed by atoms with van der Waals surface area (Å²) < 4.78 is 32.5. The summed E-state index contributed by atoms with van der Waals surface area (Å²) in [5, 5.41) is 8.61. The third kappa shape index (κ3) is 1.68. The van der Waals surface area contributed by atoms with Gasteiger partial charge in [0.15, 0.2) is 0 Å². The molecule has 1 aromatic rings. The summed E-state index contributed by atoms with van der Waals surface area (Å²) in [5.74, 6) is -3.61. The second kappa shape index (κ2) is 3.84. The lowest BCUT2D eigenvalue weighted by molar-refractivity contribution is -0.0858. The van der Waals surface area contributed by atoms with E-state index in [-0.39, 0.29) is 6.61 Å². The van der Waals surface area contributed by atoms with Gasteiger partial charge in [0.05, 0.1) is 18.2 Å². The minimum Gasteiger partial charge on any atom is -0.367 e. The van der Waals surface area contributed by atoms with Crippen LogP contribution in [-0.2, 0) is 4.74 Å². The van der Waals surface area contributed by atoms with Gasteiger partial charge in [0.1, 0.15) is 6.10 Å². The fraction of sp³-hybridized carbons (Fsp3) is 0.417. The highest BCUT2D eigenvalue weighted by atomic mass is 19.3. The number of alkyl halides is 2. The molecular formula is C12H11F2NO. The number of hydrogen-bond acceptors (Lipinski definition) is 2. The Labute approximate surface area is 92.5 Å². The van der Waals surface area contributed by atoms with Crippen molar-refractivity contribution in [2.75, 3.05) is 6.61 Å². The van der Waals surface area contributed by atoms with E-state index >= 15 is 0 Å². The largest absolute Gasteiger partial charge is 0.367 e. The number of benzene rings is 1. The molecule has 1 fully saturated rings. The summed E-state index contributed by atoms with van der Waals surface area (Å²) in [4.78, 5) is 0. The fourth-order valence-corrected chi connectivity index (χ4v) is 1.77. The number of nitrogens with zero attached hydrogens (tertiary/aromatic N) is 1. The predicted octanol–water partition coefficient (Wildman–Crippen LogP) is 2.90. The average Bonchev–Trinajstić information content (AvgIpc) is 2.54. The van der Waals surface area contributed by atoms with Gasteiger partial charge in [0.2, 0.25) is 0 Å². The number of hydrogen-bond donors (Lipinski definition) is 0. The van der Waals surface area contributed by atoms with Crippen LogP contribution in [0.25, 0.3) is 0 Å². The Kier molecular flexibility index (Phi) is 2.64. The quantitative estimate of drug-likeness (QED) is 0.733. The molecule has 1 aliphatic rings. The summed E-state index contributed by atoms with van der Waals surface area (Å²) in [6, 6.07) is 8.04. The zero-order valence-electron chi connectivity index (χ0n) is 8.78. The minimum atomic E-state index is -2.84. The minimum absolute atomic E-state index is 0.0671. The van der Waals surface area contributed by atoms with Crippen LogP contribution in [-0.4, -0.2) is 12.5 Å². The van der Waals surface area contributed by atoms with Crippen molar-refractivity contribution in [3.63, 3.8) is 0 Å². The molecule has 0 saturated carbocycles. The Morgan fingerprint density at radius 3 is 2.44 bits per heavy atom. The molecule has 0 N–H and O–H groups in total. The Bertz CT molecular complexity index is 422. The van der Waals surface area contributed by atoms with E-state index in [1.807, 2.05) is 6.07 Å². The standard InChI is InChI=1S/C12H11F2NO/c1-8-7-16-11(12(8,13)14)10-4-2-9(6-15)3-5-10/h2-5,8,11H,7H2,1H3/t8-,11+/m0/s1. The Balaban J connectivity index is 2.28. The lowest BCUT2D eigenvalue weighted by atomic mass is 9.97. The normalized spacial score (nSPS) is 27.6. The molecule has 4 heteroatoms. The lowest BCUT2D eigenvalue weighted by Gasteiger charge is -2.20. The van der Waals surface area contributed by atoms with Crippen LogP contribution in [0.15, 0.2) is 24.3 Å². The van der Waals surface area contributed by atoms with Gasteiger partial charge in [-0.1, -0.05) is 19.1 Å². The molecule has 2 atom stereocenters. The third-order valence-corrected chi connectivity index (χ3v) is 2.86. The fourth-order valence-electron chi connectivity index (χ4n) is 1.77. The van der Waals surface area contributed by atoms with Crippen LogP contribution in [0.1, 0.15) is 24.2 Å². The number of rotatable bonds is 1. The van der Waals surface area contributed by atoms with Crippen LogP contribution in [0, 0.1) is 17.2 Å². The number of ether oxygens (including phenoxy) is 1. The van der Waals surface area contributed by atoms with Crippen molar-refractivity contribution in [1.82, 2.24) is 0 Å². The first-order valence-electron chi connectivity index (χ1n) is 5.05. The Morgan fingerprint density at radius 1 is 1.38 bits per heavy atom. The summed E-state index contributed by atoms with van der Waals surface area (Å²) in [5.41, 5.74) is 0.881. The molecule has 0 amide bonds. The molecule has 0 aliphatic carbocycles. The van der Waals surface area contributed by atoms with Crippen molar-refractivity contribution in [3.8, 4) is 6.07 Å². The van der Waals surface area contributed by atoms with E-state index in [4.69, 9.17) is 10.00 Å². The van der Waals surface area contributed by atoms with Gasteiger partial charge in [-0.25, -0.2) is 8.78 Å². The van der Waals surface area contributed by atoms with Gasteiger partial charge in [-0.05, 0) is 17.7 Å². The molecular weight excluding hydrogens is 212 g/mol. The molecule has 1 saturated heterocycles. The highest BCUT2D eigenvalue weighted by Crippen LogP contribution is 2.45. The van der Waals surface area contributed by atoms with Crippen molar-refractivity contribution >= 4 is 0 Å². The van der Waals surface area contributed by atoms with Crippen molar-refractivity contribution < 1.29 is 13.5 Å². The van der Waals surface area contributed by atoms with E-state index in [1.165, 1.54) is 31.2 Å². The molecule has 0 unspecified atom stereocenters. The third-order valence-electron chi connectivity index (χ3n) is 2.86. The van der Waals surface area contributed by atoms with E-state index in [2.05, 4.69) is 0 Å². The van der Waals surface area contributed by atoms with E-state index < -0.39 is 17.9 Å².